The van der Waals surface area contributed by atoms with Crippen molar-refractivity contribution < 1.29 is 0 Å². The highest BCUT2D eigenvalue weighted by Crippen LogP contribution is 1.68. The first-order chi connectivity index (χ1) is 2.73. The van der Waals surface area contributed by atoms with Gasteiger partial charge in [-0.3, -0.25) is 0 Å². The summed E-state index contributed by atoms with van der Waals surface area (Å²) in [6, 6.07) is 0. The molecule has 0 bridgehead atoms. The van der Waals surface area contributed by atoms with E-state index in [2.05, 4.69) is 19.6 Å². The zero-order valence-corrected chi connectivity index (χ0v) is 5.55. The summed E-state index contributed by atoms with van der Waals surface area (Å²) < 4.78 is 0. The van der Waals surface area contributed by atoms with Crippen LogP contribution in [-0.4, -0.2) is 8.80 Å². The van der Waals surface area contributed by atoms with Crippen molar-refractivity contribution in [2.24, 2.45) is 0 Å². The first-order valence-electron chi connectivity index (χ1n) is 1.90. The lowest BCUT2D eigenvalue weighted by Crippen LogP contribution is -1.84. The van der Waals surface area contributed by atoms with Crippen molar-refractivity contribution in [1.29, 1.82) is 0 Å². The molecule has 0 fully saturated rings. The fourth-order valence-electron chi connectivity index (χ4n) is 0. The molecule has 0 aliphatic carbocycles. The monoisotopic (exact) mass is 106 g/mol. The molecule has 0 aliphatic rings. The van der Waals surface area contributed by atoms with Gasteiger partial charge in [0, 0.05) is 18.7 Å². The summed E-state index contributed by atoms with van der Waals surface area (Å²) in [7, 11) is -0.139. The highest BCUT2D eigenvalue weighted by Gasteiger charge is 1.71. The van der Waals surface area contributed by atoms with Gasteiger partial charge in [-0.2, -0.15) is 0 Å². The van der Waals surface area contributed by atoms with Crippen LogP contribution in [0, 0.1) is 9.93 Å². The van der Waals surface area contributed by atoms with Gasteiger partial charge in [-0.25, -0.2) is 0 Å². The van der Waals surface area contributed by atoms with Gasteiger partial charge in [0.15, 0.2) is 0 Å². The minimum absolute atomic E-state index is 0.139. The van der Waals surface area contributed by atoms with Crippen LogP contribution in [0.15, 0.2) is 0 Å². The van der Waals surface area contributed by atoms with Crippen LogP contribution in [0.4, 0.5) is 0 Å². The fraction of sp³-hybridized carbons (Fsp3) is 1.00. The van der Waals surface area contributed by atoms with E-state index >= 15 is 0 Å². The molecule has 0 atom stereocenters. The summed E-state index contributed by atoms with van der Waals surface area (Å²) in [5.41, 5.74) is 0. The van der Waals surface area contributed by atoms with Crippen molar-refractivity contribution in [3.63, 3.8) is 0 Å². The Morgan fingerprint density at radius 2 is 1.00 bits per heavy atom. The van der Waals surface area contributed by atoms with Crippen LogP contribution in [0.2, 0.25) is 19.6 Å². The van der Waals surface area contributed by atoms with Crippen LogP contribution in [0.1, 0.15) is 0 Å². The summed E-state index contributed by atoms with van der Waals surface area (Å²) in [5.74, 6) is 0. The Kier molecular flexibility index (Phi) is 13.7. The lowest BCUT2D eigenvalue weighted by molar-refractivity contribution is 1.91. The Hall–Kier alpha value is -0.183. The predicted molar refractivity (Wildman–Crippen MR) is 31.5 cm³/mol. The van der Waals surface area contributed by atoms with E-state index in [0.29, 0.717) is 0 Å². The summed E-state index contributed by atoms with van der Waals surface area (Å²) >= 11 is 0. The van der Waals surface area contributed by atoms with E-state index in [9.17, 15) is 0 Å². The van der Waals surface area contributed by atoms with E-state index in [-0.39, 0.29) is 8.80 Å². The molecule has 38 valence electrons. The second-order valence-corrected chi connectivity index (χ2v) is 5.20. The van der Waals surface area contributed by atoms with E-state index in [1.54, 1.807) is 0 Å². The SMILES string of the molecule is C[SiH](C)C.O=O. The third-order valence-electron chi connectivity index (χ3n) is 0. The summed E-state index contributed by atoms with van der Waals surface area (Å²) in [6.07, 6.45) is 0. The van der Waals surface area contributed by atoms with Crippen molar-refractivity contribution in [3.05, 3.63) is 9.93 Å². The van der Waals surface area contributed by atoms with Gasteiger partial charge in [0.25, 0.3) is 0 Å². The average molecular weight is 106 g/mol. The van der Waals surface area contributed by atoms with Gasteiger partial charge >= 0.3 is 0 Å². The van der Waals surface area contributed by atoms with Crippen molar-refractivity contribution in [1.82, 2.24) is 0 Å². The predicted octanol–water partition coefficient (Wildman–Crippen LogP) is 1.17. The highest BCUT2D eigenvalue weighted by molar-refractivity contribution is 6.54. The maximum Gasteiger partial charge on any atom is 0.0274 e. The topological polar surface area (TPSA) is 34.1 Å². The Balaban J connectivity index is 0. The standard InChI is InChI=1S/C3H10Si.O2/c1-4(2)3;1-2/h4H,1-3H3;. The normalized spacial score (nSPS) is 6.67. The molecule has 0 heterocycles. The van der Waals surface area contributed by atoms with Crippen LogP contribution < -0.4 is 0 Å². The maximum atomic E-state index is 7.00. The van der Waals surface area contributed by atoms with Crippen LogP contribution in [0.25, 0.3) is 0 Å². The van der Waals surface area contributed by atoms with Crippen LogP contribution in [0.5, 0.6) is 0 Å². The van der Waals surface area contributed by atoms with E-state index in [0.717, 1.165) is 0 Å². The maximum absolute atomic E-state index is 7.00. The highest BCUT2D eigenvalue weighted by atomic mass is 28.3. The van der Waals surface area contributed by atoms with Crippen molar-refractivity contribution in [2.45, 2.75) is 19.6 Å². The van der Waals surface area contributed by atoms with Crippen molar-refractivity contribution in [3.8, 4) is 0 Å². The third kappa shape index (κ3) is 903. The first-order valence-corrected chi connectivity index (χ1v) is 5.36. The molecule has 0 unspecified atom stereocenters. The van der Waals surface area contributed by atoms with Gasteiger partial charge < -0.3 is 0 Å². The number of hydrogen-bond donors (Lipinski definition) is 0. The summed E-state index contributed by atoms with van der Waals surface area (Å²) in [4.78, 5) is 14.0. The summed E-state index contributed by atoms with van der Waals surface area (Å²) in [6.45, 7) is 6.92. The lowest BCUT2D eigenvalue weighted by Gasteiger charge is -1.75. The minimum Gasteiger partial charge on any atom is -0.0724 e. The van der Waals surface area contributed by atoms with E-state index in [1.807, 2.05) is 0 Å². The van der Waals surface area contributed by atoms with Crippen molar-refractivity contribution in [2.75, 3.05) is 0 Å². The fourth-order valence-corrected chi connectivity index (χ4v) is 0. The molecule has 2 nitrogen and oxygen atoms in total. The second-order valence-electron chi connectivity index (χ2n) is 1.73. The summed E-state index contributed by atoms with van der Waals surface area (Å²) in [5, 5.41) is 0. The minimum atomic E-state index is -0.139. The molecule has 6 heavy (non-hydrogen) atoms. The number of hydrogen-bond acceptors (Lipinski definition) is 2. The first kappa shape index (κ1) is 9.26. The van der Waals surface area contributed by atoms with Crippen LogP contribution in [-0.2, 0) is 0 Å². The second kappa shape index (κ2) is 8.84. The molecule has 0 aromatic heterocycles. The molecule has 0 saturated carbocycles. The molecule has 0 spiro atoms. The quantitative estimate of drug-likeness (QED) is 0.434. The molecular weight excluding hydrogens is 96.1 g/mol. The smallest absolute Gasteiger partial charge is 0.0274 e. The van der Waals surface area contributed by atoms with Gasteiger partial charge in [0.05, 0.1) is 0 Å². The molecule has 0 aromatic rings. The molecule has 0 radical (unpaired) electrons. The number of rotatable bonds is 0. The molecule has 3 heteroatoms. The molecule has 0 saturated heterocycles. The molecular formula is C3H10O2Si. The largest absolute Gasteiger partial charge is 0.0724 e. The Bertz CT molecular complexity index is 20.0. The zero-order chi connectivity index (χ0) is 5.58. The van der Waals surface area contributed by atoms with Crippen molar-refractivity contribution >= 4 is 8.80 Å². The molecule has 0 aliphatic heterocycles. The Morgan fingerprint density at radius 1 is 1.00 bits per heavy atom. The molecule has 0 N–H and O–H groups in total. The molecule has 0 aromatic carbocycles. The third-order valence-corrected chi connectivity index (χ3v) is 0. The van der Waals surface area contributed by atoms with E-state index < -0.39 is 0 Å². The lowest BCUT2D eigenvalue weighted by atomic mass is 11.8. The van der Waals surface area contributed by atoms with Gasteiger partial charge in [-0.15, -0.1) is 0 Å². The Morgan fingerprint density at radius 3 is 1.00 bits per heavy atom. The van der Waals surface area contributed by atoms with Crippen LogP contribution >= 0.6 is 0 Å². The van der Waals surface area contributed by atoms with Gasteiger partial charge in [-0.05, 0) is 0 Å². The van der Waals surface area contributed by atoms with Gasteiger partial charge in [-0.1, -0.05) is 19.6 Å². The van der Waals surface area contributed by atoms with E-state index in [4.69, 9.17) is 9.93 Å². The van der Waals surface area contributed by atoms with Gasteiger partial charge in [0.2, 0.25) is 0 Å². The Labute approximate surface area is 39.4 Å². The molecule has 0 rings (SSSR count). The molecule has 0 amide bonds. The average Bonchev–Trinajstić information content (AvgIpc) is 1.41. The van der Waals surface area contributed by atoms with Gasteiger partial charge in [0.1, 0.15) is 0 Å². The zero-order valence-electron chi connectivity index (χ0n) is 4.39. The van der Waals surface area contributed by atoms with E-state index in [1.165, 1.54) is 0 Å². The van der Waals surface area contributed by atoms with Crippen LogP contribution in [0.3, 0.4) is 0 Å².